The molecular weight excluding hydrogens is 502 g/mol. The van der Waals surface area contributed by atoms with Gasteiger partial charge >= 0.3 is 5.69 Å². The summed E-state index contributed by atoms with van der Waals surface area (Å²) in [6.45, 7) is 14.6. The van der Waals surface area contributed by atoms with Gasteiger partial charge in [-0.05, 0) is 57.5 Å². The van der Waals surface area contributed by atoms with Crippen molar-refractivity contribution in [1.82, 2.24) is 24.4 Å². The van der Waals surface area contributed by atoms with Crippen LogP contribution >= 0.6 is 0 Å². The number of piperazine rings is 1. The van der Waals surface area contributed by atoms with Crippen LogP contribution < -0.4 is 10.6 Å². The molecule has 1 unspecified atom stereocenters. The van der Waals surface area contributed by atoms with Gasteiger partial charge in [-0.3, -0.25) is 4.98 Å². The average Bonchev–Trinajstić information content (AvgIpc) is 2.90. The van der Waals surface area contributed by atoms with Gasteiger partial charge in [0, 0.05) is 31.9 Å². The van der Waals surface area contributed by atoms with Crippen LogP contribution in [0, 0.1) is 12.7 Å². The van der Waals surface area contributed by atoms with Crippen molar-refractivity contribution in [1.29, 1.82) is 0 Å². The lowest BCUT2D eigenvalue weighted by Crippen LogP contribution is -2.50. The number of fused-ring (bicyclic) bond motifs is 1. The molecule has 1 N–H and O–H groups in total. The number of aliphatic hydroxyl groups excluding tert-OH is 1. The van der Waals surface area contributed by atoms with Crippen molar-refractivity contribution in [2.24, 2.45) is 0 Å². The number of aryl methyl sites for hydroxylation is 1. The Kier molecular flexibility index (Phi) is 7.96. The van der Waals surface area contributed by atoms with Crippen molar-refractivity contribution >= 4 is 22.4 Å². The smallest absolute Gasteiger partial charge is 0.355 e. The van der Waals surface area contributed by atoms with Gasteiger partial charge in [-0.2, -0.15) is 4.98 Å². The number of allylic oxidation sites excluding steroid dienone is 4. The molecule has 3 aromatic heterocycles. The number of pyridine rings is 2. The van der Waals surface area contributed by atoms with Gasteiger partial charge in [0.05, 0.1) is 22.3 Å². The number of anilines is 1. The average molecular weight is 537 g/mol. The first kappa shape index (κ1) is 28.1. The van der Waals surface area contributed by atoms with Gasteiger partial charge in [-0.15, -0.1) is 0 Å². The molecule has 1 aliphatic heterocycles. The summed E-state index contributed by atoms with van der Waals surface area (Å²) in [5, 5.41) is 10.7. The highest BCUT2D eigenvalue weighted by atomic mass is 19.1. The number of aromatic nitrogens is 4. The Bertz CT molecular complexity index is 1560. The van der Waals surface area contributed by atoms with E-state index in [0.717, 1.165) is 24.3 Å². The van der Waals surface area contributed by atoms with Gasteiger partial charge in [-0.1, -0.05) is 26.5 Å². The molecule has 0 aromatic carbocycles. The van der Waals surface area contributed by atoms with E-state index >= 15 is 4.39 Å². The quantitative estimate of drug-likeness (QED) is 0.342. The second-order valence-electron chi connectivity index (χ2n) is 10.1. The number of rotatable bonds is 6. The Morgan fingerprint density at radius 3 is 2.62 bits per heavy atom. The van der Waals surface area contributed by atoms with Gasteiger partial charge in [0.15, 0.2) is 11.5 Å². The first-order chi connectivity index (χ1) is 18.5. The maximum Gasteiger partial charge on any atom is 0.355 e. The topological polar surface area (TPSA) is 87.4 Å². The Morgan fingerprint density at radius 2 is 2.00 bits per heavy atom. The summed E-state index contributed by atoms with van der Waals surface area (Å²) < 4.78 is 32.1. The molecule has 0 radical (unpaired) electrons. The van der Waals surface area contributed by atoms with E-state index < -0.39 is 34.4 Å². The Labute approximate surface area is 226 Å². The molecule has 0 aliphatic carbocycles. The van der Waals surface area contributed by atoms with Crippen LogP contribution in [0.3, 0.4) is 0 Å². The lowest BCUT2D eigenvalue weighted by molar-refractivity contribution is 0.233. The molecule has 4 rings (SSSR count). The molecule has 1 atom stereocenters. The predicted octanol–water partition coefficient (Wildman–Crippen LogP) is 5.22. The first-order valence-electron chi connectivity index (χ1n) is 12.9. The number of hydrogen-bond donors (Lipinski definition) is 1. The van der Waals surface area contributed by atoms with E-state index in [-0.39, 0.29) is 17.6 Å². The molecule has 1 fully saturated rings. The molecule has 206 valence electrons. The summed E-state index contributed by atoms with van der Waals surface area (Å²) in [7, 11) is 2.02. The minimum Gasteiger partial charge on any atom is -0.507 e. The molecule has 4 heterocycles. The second-order valence-corrected chi connectivity index (χ2v) is 10.1. The highest BCUT2D eigenvalue weighted by Gasteiger charge is 2.28. The van der Waals surface area contributed by atoms with E-state index in [0.29, 0.717) is 35.7 Å². The van der Waals surface area contributed by atoms with Crippen molar-refractivity contribution in [3.8, 4) is 5.69 Å². The van der Waals surface area contributed by atoms with Crippen LogP contribution in [0.15, 0.2) is 53.4 Å². The zero-order valence-corrected chi connectivity index (χ0v) is 23.2. The van der Waals surface area contributed by atoms with Gasteiger partial charge in [0.25, 0.3) is 0 Å². The van der Waals surface area contributed by atoms with Gasteiger partial charge in [0.2, 0.25) is 0 Å². The third-order valence-corrected chi connectivity index (χ3v) is 7.16. The van der Waals surface area contributed by atoms with Crippen LogP contribution in [0.5, 0.6) is 0 Å². The summed E-state index contributed by atoms with van der Waals surface area (Å²) >= 11 is 0. The van der Waals surface area contributed by atoms with E-state index in [2.05, 4.69) is 33.4 Å². The van der Waals surface area contributed by atoms with Crippen LogP contribution in [0.4, 0.5) is 14.6 Å². The minimum atomic E-state index is -0.880. The minimum absolute atomic E-state index is 0.0549. The second kappa shape index (κ2) is 11.1. The van der Waals surface area contributed by atoms with Crippen LogP contribution in [-0.4, -0.2) is 62.2 Å². The number of hydrogen-bond acceptors (Lipinski definition) is 7. The van der Waals surface area contributed by atoms with Gasteiger partial charge in [-0.25, -0.2) is 23.1 Å². The third kappa shape index (κ3) is 5.08. The first-order valence-corrected chi connectivity index (χ1v) is 12.9. The monoisotopic (exact) mass is 536 g/mol. The van der Waals surface area contributed by atoms with E-state index in [4.69, 9.17) is 0 Å². The van der Waals surface area contributed by atoms with Crippen LogP contribution in [0.25, 0.3) is 22.3 Å². The fourth-order valence-electron chi connectivity index (χ4n) is 4.85. The van der Waals surface area contributed by atoms with Gasteiger partial charge < -0.3 is 14.9 Å². The Hall–Kier alpha value is -3.92. The standard InChI is InChI=1S/C29H34F2N6O2/c1-8-20(30)23(22(38)9-2)25-21(31)14-19-27(36-13-12-35(7)18(6)15-36)34-29(39)37(28(19)33-25)26-17(5)10-11-32-24(26)16(3)4/h8-11,14,16,18,38H,2,12-13,15H2,1,3-7H3/b20-8+,23-22-. The molecule has 10 heteroatoms. The fraction of sp³-hybridized carbons (Fsp3) is 0.379. The zero-order valence-electron chi connectivity index (χ0n) is 23.2. The largest absolute Gasteiger partial charge is 0.507 e. The molecule has 1 aliphatic rings. The van der Waals surface area contributed by atoms with Crippen molar-refractivity contribution in [3.63, 3.8) is 0 Å². The summed E-state index contributed by atoms with van der Waals surface area (Å²) in [5.74, 6) is -2.07. The molecule has 0 bridgehead atoms. The normalized spacial score (nSPS) is 17.6. The summed E-state index contributed by atoms with van der Waals surface area (Å²) in [5.41, 5.74) is 0.449. The molecule has 0 spiro atoms. The van der Waals surface area contributed by atoms with Crippen molar-refractivity contribution in [2.45, 2.75) is 46.6 Å². The van der Waals surface area contributed by atoms with Crippen molar-refractivity contribution in [3.05, 3.63) is 81.9 Å². The number of halogens is 2. The maximum atomic E-state index is 15.8. The Balaban J connectivity index is 2.16. The molecule has 0 amide bonds. The number of aliphatic hydroxyl groups is 1. The molecule has 0 saturated carbocycles. The Morgan fingerprint density at radius 1 is 1.28 bits per heavy atom. The zero-order chi connectivity index (χ0) is 28.6. The van der Waals surface area contributed by atoms with Crippen molar-refractivity contribution in [2.75, 3.05) is 31.6 Å². The maximum absolute atomic E-state index is 15.8. The molecular formula is C29H34F2N6O2. The highest BCUT2D eigenvalue weighted by molar-refractivity contribution is 5.91. The summed E-state index contributed by atoms with van der Waals surface area (Å²) in [6.07, 6.45) is 3.78. The molecule has 1 saturated heterocycles. The van der Waals surface area contributed by atoms with E-state index in [9.17, 15) is 14.3 Å². The van der Waals surface area contributed by atoms with Crippen molar-refractivity contribution < 1.29 is 13.9 Å². The third-order valence-electron chi connectivity index (χ3n) is 7.16. The molecule has 39 heavy (non-hydrogen) atoms. The van der Waals surface area contributed by atoms with Crippen LogP contribution in [0.2, 0.25) is 0 Å². The highest BCUT2D eigenvalue weighted by Crippen LogP contribution is 2.34. The van der Waals surface area contributed by atoms with Crippen LogP contribution in [0.1, 0.15) is 50.6 Å². The molecule has 8 nitrogen and oxygen atoms in total. The van der Waals surface area contributed by atoms with E-state index in [1.807, 2.05) is 32.7 Å². The van der Waals surface area contributed by atoms with Gasteiger partial charge in [0.1, 0.15) is 23.1 Å². The lowest BCUT2D eigenvalue weighted by atomic mass is 10.0. The number of nitrogens with zero attached hydrogens (tertiary/aromatic N) is 6. The summed E-state index contributed by atoms with van der Waals surface area (Å²) in [4.78, 5) is 31.4. The molecule has 3 aromatic rings. The van der Waals surface area contributed by atoms with E-state index in [1.165, 1.54) is 17.6 Å². The summed E-state index contributed by atoms with van der Waals surface area (Å²) in [6, 6.07) is 3.15. The number of likely N-dealkylation sites (N-methyl/N-ethyl adjacent to an activating group) is 1. The fourth-order valence-corrected chi connectivity index (χ4v) is 4.85. The lowest BCUT2D eigenvalue weighted by Gasteiger charge is -2.38. The SMILES string of the molecule is C=C/C(O)=C(\C(F)=C/C)c1nc2c(cc1F)c(N1CCN(C)C(C)C1)nc(=O)n2-c1c(C)ccnc1C(C)C. The predicted molar refractivity (Wildman–Crippen MR) is 151 cm³/mol. The van der Waals surface area contributed by atoms with E-state index in [1.54, 1.807) is 12.3 Å². The van der Waals surface area contributed by atoms with Crippen LogP contribution in [-0.2, 0) is 0 Å².